The van der Waals surface area contributed by atoms with Gasteiger partial charge in [0.2, 0.25) is 0 Å². The summed E-state index contributed by atoms with van der Waals surface area (Å²) in [6.07, 6.45) is 1.56. The number of amides is 1. The number of hydrogen-bond acceptors (Lipinski definition) is 3. The van der Waals surface area contributed by atoms with Gasteiger partial charge < -0.3 is 10.4 Å². The molecule has 0 saturated carbocycles. The van der Waals surface area contributed by atoms with Gasteiger partial charge >= 0.3 is 5.97 Å². The average molecular weight is 264 g/mol. The SMILES string of the molecule is CCc1cccc(CC)c1NC(=O)C(NC)C(=O)O. The Hall–Kier alpha value is -1.88. The molecule has 19 heavy (non-hydrogen) atoms. The van der Waals surface area contributed by atoms with Crippen LogP contribution in [0.2, 0.25) is 0 Å². The first kappa shape index (κ1) is 15.2. The van der Waals surface area contributed by atoms with Gasteiger partial charge in [-0.1, -0.05) is 32.0 Å². The molecular formula is C14H20N2O3. The molecule has 0 bridgehead atoms. The van der Waals surface area contributed by atoms with Crippen molar-refractivity contribution in [2.24, 2.45) is 0 Å². The molecule has 0 aromatic heterocycles. The van der Waals surface area contributed by atoms with E-state index >= 15 is 0 Å². The van der Waals surface area contributed by atoms with E-state index in [0.717, 1.165) is 29.7 Å². The zero-order valence-corrected chi connectivity index (χ0v) is 11.5. The Labute approximate surface area is 113 Å². The molecule has 0 spiro atoms. The quantitative estimate of drug-likeness (QED) is 0.679. The molecule has 0 heterocycles. The van der Waals surface area contributed by atoms with Gasteiger partial charge in [0.15, 0.2) is 6.04 Å². The number of carbonyl (C=O) groups excluding carboxylic acids is 1. The molecule has 1 unspecified atom stereocenters. The Kier molecular flexibility index (Phi) is 5.51. The maximum Gasteiger partial charge on any atom is 0.330 e. The molecule has 3 N–H and O–H groups in total. The lowest BCUT2D eigenvalue weighted by Crippen LogP contribution is -2.44. The Morgan fingerprint density at radius 2 is 1.74 bits per heavy atom. The summed E-state index contributed by atoms with van der Waals surface area (Å²) < 4.78 is 0. The minimum atomic E-state index is -1.24. The van der Waals surface area contributed by atoms with Crippen LogP contribution in [0.25, 0.3) is 0 Å². The summed E-state index contributed by atoms with van der Waals surface area (Å²) in [5.74, 6) is -1.74. The first-order valence-corrected chi connectivity index (χ1v) is 6.36. The maximum absolute atomic E-state index is 12.0. The third kappa shape index (κ3) is 3.54. The van der Waals surface area contributed by atoms with Crippen molar-refractivity contribution < 1.29 is 14.7 Å². The van der Waals surface area contributed by atoms with Crippen LogP contribution in [0.3, 0.4) is 0 Å². The topological polar surface area (TPSA) is 78.4 Å². The Balaban J connectivity index is 3.04. The van der Waals surface area contributed by atoms with E-state index in [1.807, 2.05) is 32.0 Å². The van der Waals surface area contributed by atoms with Crippen LogP contribution in [0.5, 0.6) is 0 Å². The van der Waals surface area contributed by atoms with Crippen molar-refractivity contribution in [2.45, 2.75) is 32.7 Å². The Morgan fingerprint density at radius 1 is 1.21 bits per heavy atom. The number of carboxylic acid groups (broad SMARTS) is 1. The highest BCUT2D eigenvalue weighted by molar-refractivity contribution is 6.08. The number of aryl methyl sites for hydroxylation is 2. The number of para-hydroxylation sites is 1. The van der Waals surface area contributed by atoms with E-state index < -0.39 is 17.9 Å². The predicted molar refractivity (Wildman–Crippen MR) is 74.3 cm³/mol. The molecule has 0 aliphatic heterocycles. The molecule has 1 aromatic rings. The zero-order valence-electron chi connectivity index (χ0n) is 11.5. The average Bonchev–Trinajstić information content (AvgIpc) is 2.39. The van der Waals surface area contributed by atoms with Crippen molar-refractivity contribution in [1.29, 1.82) is 0 Å². The molecule has 0 radical (unpaired) electrons. The van der Waals surface area contributed by atoms with Crippen molar-refractivity contribution in [1.82, 2.24) is 5.32 Å². The largest absolute Gasteiger partial charge is 0.480 e. The second-order valence-corrected chi connectivity index (χ2v) is 4.21. The number of rotatable bonds is 6. The highest BCUT2D eigenvalue weighted by Crippen LogP contribution is 2.22. The van der Waals surface area contributed by atoms with Gasteiger partial charge in [-0.25, -0.2) is 4.79 Å². The number of hydrogen-bond donors (Lipinski definition) is 3. The minimum Gasteiger partial charge on any atom is -0.480 e. The van der Waals surface area contributed by atoms with Gasteiger partial charge in [-0.05, 0) is 31.0 Å². The molecule has 5 heteroatoms. The second kappa shape index (κ2) is 6.89. The van der Waals surface area contributed by atoms with Crippen LogP contribution in [-0.4, -0.2) is 30.1 Å². The number of benzene rings is 1. The van der Waals surface area contributed by atoms with Gasteiger partial charge in [0.25, 0.3) is 5.91 Å². The fourth-order valence-corrected chi connectivity index (χ4v) is 1.97. The van der Waals surface area contributed by atoms with Crippen molar-refractivity contribution in [3.05, 3.63) is 29.3 Å². The third-order valence-corrected chi connectivity index (χ3v) is 3.04. The molecule has 1 aromatic carbocycles. The van der Waals surface area contributed by atoms with E-state index in [0.29, 0.717) is 0 Å². The summed E-state index contributed by atoms with van der Waals surface area (Å²) in [5, 5.41) is 14.2. The first-order valence-electron chi connectivity index (χ1n) is 6.36. The maximum atomic E-state index is 12.0. The summed E-state index contributed by atoms with van der Waals surface area (Å²) in [4.78, 5) is 22.9. The van der Waals surface area contributed by atoms with Crippen LogP contribution in [0.1, 0.15) is 25.0 Å². The predicted octanol–water partition coefficient (Wildman–Crippen LogP) is 1.42. The van der Waals surface area contributed by atoms with E-state index in [-0.39, 0.29) is 0 Å². The van der Waals surface area contributed by atoms with Crippen molar-refractivity contribution >= 4 is 17.6 Å². The molecule has 0 aliphatic carbocycles. The molecular weight excluding hydrogens is 244 g/mol. The van der Waals surface area contributed by atoms with Gasteiger partial charge in [0.1, 0.15) is 0 Å². The molecule has 0 aliphatic rings. The smallest absolute Gasteiger partial charge is 0.330 e. The molecule has 0 saturated heterocycles. The highest BCUT2D eigenvalue weighted by atomic mass is 16.4. The van der Waals surface area contributed by atoms with Gasteiger partial charge in [-0.2, -0.15) is 0 Å². The number of anilines is 1. The standard InChI is InChI=1S/C14H20N2O3/c1-4-9-7-6-8-10(5-2)11(9)16-13(17)12(15-3)14(18)19/h6-8,12,15H,4-5H2,1-3H3,(H,16,17)(H,18,19). The zero-order chi connectivity index (χ0) is 14.4. The van der Waals surface area contributed by atoms with Gasteiger partial charge in [0.05, 0.1) is 0 Å². The fraction of sp³-hybridized carbons (Fsp3) is 0.429. The van der Waals surface area contributed by atoms with Gasteiger partial charge in [0, 0.05) is 5.69 Å². The minimum absolute atomic E-state index is 0.550. The molecule has 1 atom stereocenters. The summed E-state index contributed by atoms with van der Waals surface area (Å²) in [6.45, 7) is 3.99. The summed E-state index contributed by atoms with van der Waals surface area (Å²) in [7, 11) is 1.45. The Bertz CT molecular complexity index is 450. The number of carbonyl (C=O) groups is 2. The monoisotopic (exact) mass is 264 g/mol. The lowest BCUT2D eigenvalue weighted by molar-refractivity contribution is -0.142. The normalized spacial score (nSPS) is 11.9. The molecule has 1 amide bonds. The fourth-order valence-electron chi connectivity index (χ4n) is 1.97. The molecule has 104 valence electrons. The molecule has 5 nitrogen and oxygen atoms in total. The van der Waals surface area contributed by atoms with Crippen LogP contribution in [0.15, 0.2) is 18.2 Å². The van der Waals surface area contributed by atoms with E-state index in [1.54, 1.807) is 0 Å². The lowest BCUT2D eigenvalue weighted by Gasteiger charge is -2.17. The Morgan fingerprint density at radius 3 is 2.11 bits per heavy atom. The number of nitrogens with one attached hydrogen (secondary N) is 2. The van der Waals surface area contributed by atoms with Crippen LogP contribution in [0, 0.1) is 0 Å². The van der Waals surface area contributed by atoms with Crippen molar-refractivity contribution in [3.63, 3.8) is 0 Å². The summed E-state index contributed by atoms with van der Waals surface area (Å²) in [6, 6.07) is 4.57. The first-order chi connectivity index (χ1) is 9.04. The van der Waals surface area contributed by atoms with Gasteiger partial charge in [-0.15, -0.1) is 0 Å². The summed E-state index contributed by atoms with van der Waals surface area (Å²) >= 11 is 0. The molecule has 1 rings (SSSR count). The molecule has 0 fully saturated rings. The van der Waals surface area contributed by atoms with E-state index in [9.17, 15) is 9.59 Å². The van der Waals surface area contributed by atoms with Crippen molar-refractivity contribution in [3.8, 4) is 0 Å². The number of carboxylic acids is 1. The number of aliphatic carboxylic acids is 1. The van der Waals surface area contributed by atoms with Gasteiger partial charge in [-0.3, -0.25) is 10.1 Å². The third-order valence-electron chi connectivity index (χ3n) is 3.04. The van der Waals surface area contributed by atoms with E-state index in [4.69, 9.17) is 5.11 Å². The van der Waals surface area contributed by atoms with Crippen LogP contribution in [0.4, 0.5) is 5.69 Å². The second-order valence-electron chi connectivity index (χ2n) is 4.21. The summed E-state index contributed by atoms with van der Waals surface area (Å²) in [5.41, 5.74) is 2.75. The van der Waals surface area contributed by atoms with E-state index in [2.05, 4.69) is 10.6 Å². The van der Waals surface area contributed by atoms with Crippen LogP contribution < -0.4 is 10.6 Å². The lowest BCUT2D eigenvalue weighted by atomic mass is 10.0. The van der Waals surface area contributed by atoms with Crippen LogP contribution in [-0.2, 0) is 22.4 Å². The van der Waals surface area contributed by atoms with Crippen LogP contribution >= 0.6 is 0 Å². The van der Waals surface area contributed by atoms with E-state index in [1.165, 1.54) is 7.05 Å². The number of likely N-dealkylation sites (N-methyl/N-ethyl adjacent to an activating group) is 1. The van der Waals surface area contributed by atoms with Crippen molar-refractivity contribution in [2.75, 3.05) is 12.4 Å². The highest BCUT2D eigenvalue weighted by Gasteiger charge is 2.25.